The molecule has 0 saturated carbocycles. The van der Waals surface area contributed by atoms with E-state index in [1.807, 2.05) is 0 Å². The number of benzene rings is 9. The lowest BCUT2D eigenvalue weighted by Gasteiger charge is -2.20. The smallest absolute Gasteiger partial charge is 0.0304 e. The van der Waals surface area contributed by atoms with E-state index in [2.05, 4.69) is 194 Å². The average Bonchev–Trinajstić information content (AvgIpc) is 3.71. The van der Waals surface area contributed by atoms with Crippen molar-refractivity contribution in [2.45, 2.75) is 23.3 Å². The summed E-state index contributed by atoms with van der Waals surface area (Å²) in [7, 11) is 0. The topological polar surface area (TPSA) is 0 Å². The highest BCUT2D eigenvalue weighted by Gasteiger charge is 2.28. The molecule has 0 N–H and O–H groups in total. The first-order valence-electron chi connectivity index (χ1n) is 18.1. The van der Waals surface area contributed by atoms with Crippen LogP contribution >= 0.6 is 11.8 Å². The molecule has 0 aromatic heterocycles. The molecule has 1 fully saturated rings. The summed E-state index contributed by atoms with van der Waals surface area (Å²) in [6, 6.07) is 67.7. The number of hydrogen-bond donors (Lipinski definition) is 0. The van der Waals surface area contributed by atoms with Crippen LogP contribution < -0.4 is 0 Å². The van der Waals surface area contributed by atoms with Gasteiger partial charge in [0.1, 0.15) is 0 Å². The summed E-state index contributed by atoms with van der Waals surface area (Å²) in [4.78, 5) is 0. The van der Waals surface area contributed by atoms with Gasteiger partial charge in [-0.2, -0.15) is 0 Å². The molecular formula is C50H36S. The van der Waals surface area contributed by atoms with E-state index in [-0.39, 0.29) is 0 Å². The monoisotopic (exact) mass is 668 g/mol. The van der Waals surface area contributed by atoms with E-state index < -0.39 is 0 Å². The second-order valence-electron chi connectivity index (χ2n) is 13.8. The van der Waals surface area contributed by atoms with E-state index >= 15 is 0 Å². The molecule has 9 aromatic carbocycles. The molecule has 1 saturated heterocycles. The van der Waals surface area contributed by atoms with E-state index in [0.717, 1.165) is 0 Å². The third-order valence-electron chi connectivity index (χ3n) is 10.9. The van der Waals surface area contributed by atoms with E-state index in [9.17, 15) is 0 Å². The third kappa shape index (κ3) is 5.23. The lowest BCUT2D eigenvalue weighted by atomic mass is 9.83. The Morgan fingerprint density at radius 2 is 0.863 bits per heavy atom. The fourth-order valence-corrected chi connectivity index (χ4v) is 10.1. The van der Waals surface area contributed by atoms with Crippen molar-refractivity contribution >= 4 is 54.9 Å². The van der Waals surface area contributed by atoms with Crippen molar-refractivity contribution < 1.29 is 0 Å². The fourth-order valence-electron chi connectivity index (χ4n) is 8.54. The molecular weight excluding hydrogens is 633 g/mol. The van der Waals surface area contributed by atoms with Crippen molar-refractivity contribution in [3.05, 3.63) is 193 Å². The molecule has 0 aliphatic carbocycles. The summed E-state index contributed by atoms with van der Waals surface area (Å²) in [6.07, 6.45) is 2.42. The van der Waals surface area contributed by atoms with Gasteiger partial charge in [-0.3, -0.25) is 0 Å². The van der Waals surface area contributed by atoms with Gasteiger partial charge in [0, 0.05) is 10.5 Å². The Bertz CT molecular complexity index is 2680. The molecule has 1 aliphatic heterocycles. The largest absolute Gasteiger partial charge is 0.146 e. The molecule has 242 valence electrons. The Morgan fingerprint density at radius 3 is 1.57 bits per heavy atom. The van der Waals surface area contributed by atoms with Crippen molar-refractivity contribution in [1.82, 2.24) is 0 Å². The van der Waals surface area contributed by atoms with Gasteiger partial charge < -0.3 is 0 Å². The minimum absolute atomic E-state index is 0.499. The van der Waals surface area contributed by atoms with Gasteiger partial charge in [-0.25, -0.2) is 0 Å². The van der Waals surface area contributed by atoms with Gasteiger partial charge in [0.15, 0.2) is 0 Å². The number of hydrogen-bond acceptors (Lipinski definition) is 1. The van der Waals surface area contributed by atoms with Crippen LogP contribution in [0.1, 0.15) is 34.5 Å². The number of fused-ring (bicyclic) bond motifs is 4. The van der Waals surface area contributed by atoms with Crippen LogP contribution in [0.25, 0.3) is 76.5 Å². The normalized spacial score (nSPS) is 16.0. The number of thioether (sulfide) groups is 1. The third-order valence-corrected chi connectivity index (χ3v) is 12.6. The second-order valence-corrected chi connectivity index (χ2v) is 15.2. The predicted molar refractivity (Wildman–Crippen MR) is 222 cm³/mol. The van der Waals surface area contributed by atoms with Crippen LogP contribution in [0.3, 0.4) is 0 Å². The number of rotatable bonds is 5. The maximum atomic E-state index is 2.48. The van der Waals surface area contributed by atoms with Crippen molar-refractivity contribution in [3.63, 3.8) is 0 Å². The summed E-state index contributed by atoms with van der Waals surface area (Å²) >= 11 is 2.13. The molecule has 9 aromatic rings. The van der Waals surface area contributed by atoms with Gasteiger partial charge in [-0.1, -0.05) is 170 Å². The zero-order valence-corrected chi connectivity index (χ0v) is 29.1. The molecule has 10 rings (SSSR count). The highest BCUT2D eigenvalue weighted by Crippen LogP contribution is 2.53. The van der Waals surface area contributed by atoms with Gasteiger partial charge in [0.05, 0.1) is 0 Å². The van der Waals surface area contributed by atoms with Crippen LogP contribution in [0.4, 0.5) is 0 Å². The first-order valence-corrected chi connectivity index (χ1v) is 19.0. The maximum absolute atomic E-state index is 2.48. The molecule has 2 unspecified atom stereocenters. The highest BCUT2D eigenvalue weighted by molar-refractivity contribution is 8.00. The Morgan fingerprint density at radius 1 is 0.333 bits per heavy atom. The first kappa shape index (κ1) is 30.2. The molecule has 0 bridgehead atoms. The molecule has 0 spiro atoms. The summed E-state index contributed by atoms with van der Waals surface area (Å²) in [5, 5.41) is 11.3. The molecule has 1 heteroatoms. The fraction of sp³-hybridized carbons (Fsp3) is 0.0800. The second kappa shape index (κ2) is 12.6. The Labute approximate surface area is 303 Å². The van der Waals surface area contributed by atoms with Crippen molar-refractivity contribution in [3.8, 4) is 33.4 Å². The van der Waals surface area contributed by atoms with Crippen molar-refractivity contribution in [2.24, 2.45) is 0 Å². The summed E-state index contributed by atoms with van der Waals surface area (Å²) in [5.74, 6) is 0. The SMILES string of the molecule is c1ccc(C2CCC(c3cccc(-c4c5ccccc5c(-c5ccc(-c6ccc7ccccc7c6)c6ccccc56)c5ccccc45)c3)S2)cc1. The Kier molecular flexibility index (Phi) is 7.47. The molecule has 0 amide bonds. The molecule has 1 aliphatic rings. The average molecular weight is 669 g/mol. The standard InChI is InChI=1S/C50H36S/c1-2-14-34(15-3-1)47-29-30-48(51-47)37-17-12-18-38(32-37)49-42-21-8-10-23-44(42)50(45-24-11-9-22-43(45)49)46-28-27-39(40-19-6-7-20-41(40)46)36-26-25-33-13-4-5-16-35(33)31-36/h1-28,31-32,47-48H,29-30H2. The summed E-state index contributed by atoms with van der Waals surface area (Å²) in [5.41, 5.74) is 10.6. The highest BCUT2D eigenvalue weighted by atomic mass is 32.2. The summed E-state index contributed by atoms with van der Waals surface area (Å²) in [6.45, 7) is 0. The van der Waals surface area contributed by atoms with Crippen LogP contribution in [0.5, 0.6) is 0 Å². The summed E-state index contributed by atoms with van der Waals surface area (Å²) < 4.78 is 0. The Balaban J connectivity index is 1.14. The van der Waals surface area contributed by atoms with E-state index in [4.69, 9.17) is 0 Å². The zero-order chi connectivity index (χ0) is 33.7. The lowest BCUT2D eigenvalue weighted by molar-refractivity contribution is 0.765. The zero-order valence-electron chi connectivity index (χ0n) is 28.3. The van der Waals surface area contributed by atoms with E-state index in [1.165, 1.54) is 100 Å². The van der Waals surface area contributed by atoms with Crippen molar-refractivity contribution in [1.29, 1.82) is 0 Å². The molecule has 1 heterocycles. The molecule has 0 nitrogen and oxygen atoms in total. The minimum Gasteiger partial charge on any atom is -0.146 e. The van der Waals surface area contributed by atoms with Gasteiger partial charge >= 0.3 is 0 Å². The molecule has 2 atom stereocenters. The lowest BCUT2D eigenvalue weighted by Crippen LogP contribution is -1.94. The molecule has 0 radical (unpaired) electrons. The van der Waals surface area contributed by atoms with E-state index in [1.54, 1.807) is 0 Å². The van der Waals surface area contributed by atoms with Crippen LogP contribution in [0.15, 0.2) is 182 Å². The quantitative estimate of drug-likeness (QED) is 0.165. The van der Waals surface area contributed by atoms with Gasteiger partial charge in [-0.15, -0.1) is 11.8 Å². The molecule has 51 heavy (non-hydrogen) atoms. The minimum atomic E-state index is 0.499. The van der Waals surface area contributed by atoms with Crippen molar-refractivity contribution in [2.75, 3.05) is 0 Å². The van der Waals surface area contributed by atoms with E-state index in [0.29, 0.717) is 10.5 Å². The van der Waals surface area contributed by atoms with Crippen LogP contribution in [-0.4, -0.2) is 0 Å². The van der Waals surface area contributed by atoms with Crippen LogP contribution in [-0.2, 0) is 0 Å². The van der Waals surface area contributed by atoms with Crippen LogP contribution in [0.2, 0.25) is 0 Å². The van der Waals surface area contributed by atoms with Gasteiger partial charge in [0.25, 0.3) is 0 Å². The predicted octanol–water partition coefficient (Wildman–Crippen LogP) is 14.6. The first-order chi connectivity index (χ1) is 25.3. The van der Waals surface area contributed by atoms with Gasteiger partial charge in [0.2, 0.25) is 0 Å². The maximum Gasteiger partial charge on any atom is 0.0304 e. The van der Waals surface area contributed by atoms with Gasteiger partial charge in [-0.05, 0) is 113 Å². The Hall–Kier alpha value is -5.63. The van der Waals surface area contributed by atoms with Crippen LogP contribution in [0, 0.1) is 0 Å².